The van der Waals surface area contributed by atoms with Crippen molar-refractivity contribution >= 4 is 22.5 Å². The highest BCUT2D eigenvalue weighted by Gasteiger charge is 2.31. The molecule has 1 amide bonds. The maximum Gasteiger partial charge on any atom is 0.278 e. The predicted octanol–water partition coefficient (Wildman–Crippen LogP) is 3.26. The molecule has 1 fully saturated rings. The average Bonchev–Trinajstić information content (AvgIpc) is 2.96. The SMILES string of the molecule is Cn1nc(OC2CCOC(C)(C)C2)c2ccc(NC(=O)c3ncccc3O)cc21. The van der Waals surface area contributed by atoms with E-state index in [1.165, 1.54) is 12.3 Å². The van der Waals surface area contributed by atoms with Gasteiger partial charge in [0.1, 0.15) is 11.9 Å². The van der Waals surface area contributed by atoms with E-state index < -0.39 is 5.91 Å². The van der Waals surface area contributed by atoms with E-state index in [2.05, 4.69) is 29.2 Å². The third kappa shape index (κ3) is 4.02. The Morgan fingerprint density at radius 2 is 2.21 bits per heavy atom. The van der Waals surface area contributed by atoms with Gasteiger partial charge in [0, 0.05) is 31.8 Å². The fourth-order valence-corrected chi connectivity index (χ4v) is 3.59. The number of aromatic nitrogens is 3. The van der Waals surface area contributed by atoms with Crippen LogP contribution in [-0.4, -0.2) is 44.1 Å². The number of hydrogen-bond donors (Lipinski definition) is 2. The topological polar surface area (TPSA) is 98.5 Å². The van der Waals surface area contributed by atoms with E-state index in [0.717, 1.165) is 23.7 Å². The molecule has 152 valence electrons. The van der Waals surface area contributed by atoms with Crippen LogP contribution in [0.1, 0.15) is 37.2 Å². The number of aryl methyl sites for hydroxylation is 1. The molecule has 3 aromatic rings. The summed E-state index contributed by atoms with van der Waals surface area (Å²) < 4.78 is 13.7. The molecule has 1 atom stereocenters. The molecule has 0 radical (unpaired) electrons. The van der Waals surface area contributed by atoms with E-state index in [9.17, 15) is 9.90 Å². The minimum Gasteiger partial charge on any atom is -0.505 e. The van der Waals surface area contributed by atoms with Crippen molar-refractivity contribution in [3.05, 3.63) is 42.2 Å². The molecule has 3 heterocycles. The van der Waals surface area contributed by atoms with Crippen LogP contribution >= 0.6 is 0 Å². The van der Waals surface area contributed by atoms with Gasteiger partial charge in [-0.3, -0.25) is 9.48 Å². The van der Waals surface area contributed by atoms with E-state index in [-0.39, 0.29) is 23.1 Å². The number of ether oxygens (including phenoxy) is 2. The summed E-state index contributed by atoms with van der Waals surface area (Å²) in [5, 5.41) is 18.0. The van der Waals surface area contributed by atoms with Crippen LogP contribution in [0.25, 0.3) is 10.9 Å². The number of anilines is 1. The Balaban J connectivity index is 1.55. The molecule has 1 aromatic carbocycles. The van der Waals surface area contributed by atoms with E-state index in [0.29, 0.717) is 18.2 Å². The molecule has 0 saturated carbocycles. The fourth-order valence-electron chi connectivity index (χ4n) is 3.59. The monoisotopic (exact) mass is 396 g/mol. The standard InChI is InChI=1S/C21H24N4O4/c1-21(2)12-14(8-10-28-21)29-20-15-7-6-13(11-16(15)25(3)24-20)23-19(27)18-17(26)5-4-9-22-18/h4-7,9,11,14,26H,8,10,12H2,1-3H3,(H,23,27). The van der Waals surface area contributed by atoms with Crippen molar-refractivity contribution in [1.29, 1.82) is 0 Å². The second-order valence-electron chi connectivity index (χ2n) is 7.83. The molecule has 0 bridgehead atoms. The number of carbonyl (C=O) groups excluding carboxylic acids is 1. The van der Waals surface area contributed by atoms with Gasteiger partial charge in [0.15, 0.2) is 5.69 Å². The first kappa shape index (κ1) is 19.2. The summed E-state index contributed by atoms with van der Waals surface area (Å²) in [6.07, 6.45) is 3.12. The second-order valence-corrected chi connectivity index (χ2v) is 7.83. The van der Waals surface area contributed by atoms with Crippen molar-refractivity contribution in [2.45, 2.75) is 38.4 Å². The maximum absolute atomic E-state index is 12.4. The Hall–Kier alpha value is -3.13. The molecule has 8 nitrogen and oxygen atoms in total. The van der Waals surface area contributed by atoms with Crippen LogP contribution in [0, 0.1) is 0 Å². The van der Waals surface area contributed by atoms with Crippen LogP contribution in [0.2, 0.25) is 0 Å². The summed E-state index contributed by atoms with van der Waals surface area (Å²) in [7, 11) is 1.83. The first-order chi connectivity index (χ1) is 13.8. The third-order valence-corrected chi connectivity index (χ3v) is 5.01. The lowest BCUT2D eigenvalue weighted by atomic mass is 9.96. The molecule has 2 aromatic heterocycles. The van der Waals surface area contributed by atoms with Crippen LogP contribution < -0.4 is 10.1 Å². The van der Waals surface area contributed by atoms with Gasteiger partial charge in [-0.25, -0.2) is 4.98 Å². The van der Waals surface area contributed by atoms with Gasteiger partial charge in [-0.15, -0.1) is 5.10 Å². The van der Waals surface area contributed by atoms with Crippen molar-refractivity contribution in [2.75, 3.05) is 11.9 Å². The minimum atomic E-state index is -0.481. The lowest BCUT2D eigenvalue weighted by Crippen LogP contribution is -2.39. The molecule has 8 heteroatoms. The van der Waals surface area contributed by atoms with Gasteiger partial charge in [-0.1, -0.05) is 0 Å². The molecule has 0 spiro atoms. The predicted molar refractivity (Wildman–Crippen MR) is 108 cm³/mol. The molecular weight excluding hydrogens is 372 g/mol. The third-order valence-electron chi connectivity index (χ3n) is 5.01. The van der Waals surface area contributed by atoms with Crippen LogP contribution in [-0.2, 0) is 11.8 Å². The van der Waals surface area contributed by atoms with Gasteiger partial charge in [0.25, 0.3) is 5.91 Å². The van der Waals surface area contributed by atoms with Gasteiger partial charge in [-0.2, -0.15) is 0 Å². The fraction of sp³-hybridized carbons (Fsp3) is 0.381. The maximum atomic E-state index is 12.4. The zero-order valence-electron chi connectivity index (χ0n) is 16.7. The van der Waals surface area contributed by atoms with Crippen molar-refractivity contribution < 1.29 is 19.4 Å². The number of nitrogens with one attached hydrogen (secondary N) is 1. The minimum absolute atomic E-state index is 0.0243. The summed E-state index contributed by atoms with van der Waals surface area (Å²) in [5.74, 6) is -0.0716. The van der Waals surface area contributed by atoms with Crippen LogP contribution in [0.4, 0.5) is 5.69 Å². The normalized spacial score (nSPS) is 18.5. The number of fused-ring (bicyclic) bond motifs is 1. The molecule has 2 N–H and O–H groups in total. The lowest BCUT2D eigenvalue weighted by molar-refractivity contribution is -0.0902. The number of benzene rings is 1. The summed E-state index contributed by atoms with van der Waals surface area (Å²) >= 11 is 0. The molecule has 1 aliphatic rings. The Bertz CT molecular complexity index is 1060. The van der Waals surface area contributed by atoms with Crippen LogP contribution in [0.15, 0.2) is 36.5 Å². The molecule has 29 heavy (non-hydrogen) atoms. The summed E-state index contributed by atoms with van der Waals surface area (Å²) in [6.45, 7) is 4.79. The number of carbonyl (C=O) groups is 1. The Labute approximate surface area is 168 Å². The zero-order valence-corrected chi connectivity index (χ0v) is 16.7. The van der Waals surface area contributed by atoms with Crippen molar-refractivity contribution in [3.63, 3.8) is 0 Å². The summed E-state index contributed by atoms with van der Waals surface area (Å²) in [4.78, 5) is 16.3. The molecule has 1 aliphatic heterocycles. The highest BCUT2D eigenvalue weighted by atomic mass is 16.5. The van der Waals surface area contributed by atoms with Crippen molar-refractivity contribution in [1.82, 2.24) is 14.8 Å². The number of nitrogens with zero attached hydrogens (tertiary/aromatic N) is 3. The summed E-state index contributed by atoms with van der Waals surface area (Å²) in [5.41, 5.74) is 1.18. The van der Waals surface area contributed by atoms with Gasteiger partial charge < -0.3 is 19.9 Å². The number of aromatic hydroxyl groups is 1. The molecule has 4 rings (SSSR count). The highest BCUT2D eigenvalue weighted by molar-refractivity contribution is 6.05. The molecular formula is C21H24N4O4. The Morgan fingerprint density at radius 3 is 2.97 bits per heavy atom. The molecule has 1 saturated heterocycles. The largest absolute Gasteiger partial charge is 0.505 e. The second kappa shape index (κ2) is 7.36. The van der Waals surface area contributed by atoms with E-state index in [1.807, 2.05) is 19.2 Å². The van der Waals surface area contributed by atoms with Gasteiger partial charge in [0.2, 0.25) is 5.88 Å². The first-order valence-electron chi connectivity index (χ1n) is 9.55. The number of amides is 1. The van der Waals surface area contributed by atoms with Gasteiger partial charge >= 0.3 is 0 Å². The Kier molecular flexibility index (Phi) is 4.87. The molecule has 0 aliphatic carbocycles. The quantitative estimate of drug-likeness (QED) is 0.702. The van der Waals surface area contributed by atoms with Crippen LogP contribution in [0.3, 0.4) is 0 Å². The van der Waals surface area contributed by atoms with Crippen LogP contribution in [0.5, 0.6) is 11.6 Å². The smallest absolute Gasteiger partial charge is 0.278 e. The number of pyridine rings is 1. The van der Waals surface area contributed by atoms with Gasteiger partial charge in [-0.05, 0) is 44.2 Å². The van der Waals surface area contributed by atoms with E-state index in [1.54, 1.807) is 16.8 Å². The van der Waals surface area contributed by atoms with E-state index >= 15 is 0 Å². The number of hydrogen-bond acceptors (Lipinski definition) is 6. The van der Waals surface area contributed by atoms with Gasteiger partial charge in [0.05, 0.1) is 23.1 Å². The lowest BCUT2D eigenvalue weighted by Gasteiger charge is -2.35. The zero-order chi connectivity index (χ0) is 20.6. The van der Waals surface area contributed by atoms with Crippen molar-refractivity contribution in [2.24, 2.45) is 7.05 Å². The summed E-state index contributed by atoms with van der Waals surface area (Å²) in [6, 6.07) is 8.46. The highest BCUT2D eigenvalue weighted by Crippen LogP contribution is 2.32. The van der Waals surface area contributed by atoms with E-state index in [4.69, 9.17) is 9.47 Å². The Morgan fingerprint density at radius 1 is 1.38 bits per heavy atom. The first-order valence-corrected chi connectivity index (χ1v) is 9.55. The number of rotatable bonds is 4. The molecule has 1 unspecified atom stereocenters. The van der Waals surface area contributed by atoms with Crippen molar-refractivity contribution in [3.8, 4) is 11.6 Å². The average molecular weight is 396 g/mol.